The van der Waals surface area contributed by atoms with Gasteiger partial charge in [0.25, 0.3) is 5.91 Å². The molecule has 2 aliphatic rings. The first-order valence-corrected chi connectivity index (χ1v) is 12.5. The molecule has 2 fully saturated rings. The molecule has 2 aromatic carbocycles. The first-order chi connectivity index (χ1) is 16.5. The number of para-hydroxylation sites is 1. The summed E-state index contributed by atoms with van der Waals surface area (Å²) in [5.41, 5.74) is 2.88. The zero-order chi connectivity index (χ0) is 23.7. The van der Waals surface area contributed by atoms with Crippen LogP contribution >= 0.6 is 24.0 Å². The number of benzene rings is 2. The lowest BCUT2D eigenvalue weighted by Gasteiger charge is -2.15. The second kappa shape index (κ2) is 9.64. The van der Waals surface area contributed by atoms with Gasteiger partial charge in [-0.3, -0.25) is 14.5 Å². The van der Waals surface area contributed by atoms with Crippen molar-refractivity contribution in [1.82, 2.24) is 14.4 Å². The Morgan fingerprint density at radius 2 is 1.85 bits per heavy atom. The predicted octanol–water partition coefficient (Wildman–Crippen LogP) is 4.67. The zero-order valence-electron chi connectivity index (χ0n) is 18.9. The highest BCUT2D eigenvalue weighted by atomic mass is 32.2. The monoisotopic (exact) mass is 491 g/mol. The Kier molecular flexibility index (Phi) is 6.43. The third-order valence-electron chi connectivity index (χ3n) is 6.24. The molecule has 0 atom stereocenters. The molecule has 0 saturated carbocycles. The van der Waals surface area contributed by atoms with Crippen LogP contribution in [0.1, 0.15) is 24.0 Å². The molecule has 0 spiro atoms. The van der Waals surface area contributed by atoms with E-state index in [0.29, 0.717) is 22.3 Å². The second-order valence-corrected chi connectivity index (χ2v) is 10.1. The fourth-order valence-corrected chi connectivity index (χ4v) is 5.67. The topological polar surface area (TPSA) is 54.8 Å². The van der Waals surface area contributed by atoms with Crippen LogP contribution in [0, 0.1) is 0 Å². The van der Waals surface area contributed by atoms with E-state index in [1.165, 1.54) is 11.8 Å². The Labute approximate surface area is 208 Å². The SMILES string of the molecule is COc1ccc(CN2C(=O)/C(=C/c3cn(CC(=O)N4CCCC4)c4ccccc34)SC2=S)cc1. The number of carbonyl (C=O) groups excluding carboxylic acids is 2. The molecule has 2 aliphatic heterocycles. The summed E-state index contributed by atoms with van der Waals surface area (Å²) >= 11 is 6.84. The van der Waals surface area contributed by atoms with Gasteiger partial charge >= 0.3 is 0 Å². The maximum atomic E-state index is 13.2. The lowest BCUT2D eigenvalue weighted by molar-refractivity contribution is -0.130. The number of aromatic nitrogens is 1. The number of hydrogen-bond donors (Lipinski definition) is 0. The van der Waals surface area contributed by atoms with Crippen LogP contribution in [0.5, 0.6) is 5.75 Å². The third-order valence-corrected chi connectivity index (χ3v) is 7.62. The molecule has 2 amide bonds. The molecule has 0 radical (unpaired) electrons. The average Bonchev–Trinajstić information content (AvgIpc) is 3.57. The van der Waals surface area contributed by atoms with Crippen LogP contribution in [0.3, 0.4) is 0 Å². The summed E-state index contributed by atoms with van der Waals surface area (Å²) in [5.74, 6) is 0.806. The van der Waals surface area contributed by atoms with Crippen molar-refractivity contribution in [3.05, 3.63) is 70.8 Å². The molecule has 174 valence electrons. The first kappa shape index (κ1) is 22.7. The van der Waals surface area contributed by atoms with E-state index >= 15 is 0 Å². The standard InChI is InChI=1S/C26H25N3O3S2/c1-32-20-10-8-18(9-11-20)15-29-25(31)23(34-26(29)33)14-19-16-28(22-7-3-2-6-21(19)22)17-24(30)27-12-4-5-13-27/h2-3,6-11,14,16H,4-5,12-13,15,17H2,1H3/b23-14-. The molecule has 8 heteroatoms. The largest absolute Gasteiger partial charge is 0.497 e. The molecule has 3 heterocycles. The van der Waals surface area contributed by atoms with Gasteiger partial charge in [-0.1, -0.05) is 54.3 Å². The molecule has 1 aromatic heterocycles. The number of likely N-dealkylation sites (tertiary alicyclic amines) is 1. The maximum absolute atomic E-state index is 13.2. The second-order valence-electron chi connectivity index (χ2n) is 8.43. The quantitative estimate of drug-likeness (QED) is 0.370. The number of ether oxygens (including phenoxy) is 1. The molecular formula is C26H25N3O3S2. The molecule has 2 saturated heterocycles. The molecule has 5 rings (SSSR count). The molecular weight excluding hydrogens is 466 g/mol. The highest BCUT2D eigenvalue weighted by Crippen LogP contribution is 2.35. The van der Waals surface area contributed by atoms with Crippen LogP contribution in [0.25, 0.3) is 17.0 Å². The zero-order valence-corrected chi connectivity index (χ0v) is 20.5. The fraction of sp³-hybridized carbons (Fsp3) is 0.269. The summed E-state index contributed by atoms with van der Waals surface area (Å²) in [6.45, 7) is 2.38. The van der Waals surface area contributed by atoms with Crippen molar-refractivity contribution in [2.75, 3.05) is 20.2 Å². The summed E-state index contributed by atoms with van der Waals surface area (Å²) in [6.07, 6.45) is 6.00. The van der Waals surface area contributed by atoms with E-state index in [1.807, 2.05) is 70.3 Å². The van der Waals surface area contributed by atoms with Crippen molar-refractivity contribution in [2.45, 2.75) is 25.9 Å². The Bertz CT molecular complexity index is 1290. The van der Waals surface area contributed by atoms with E-state index in [0.717, 1.165) is 53.7 Å². The predicted molar refractivity (Wildman–Crippen MR) is 139 cm³/mol. The number of fused-ring (bicyclic) bond motifs is 1. The summed E-state index contributed by atoms with van der Waals surface area (Å²) in [5, 5.41) is 1.01. The third kappa shape index (κ3) is 4.48. The van der Waals surface area contributed by atoms with E-state index in [4.69, 9.17) is 17.0 Å². The summed E-state index contributed by atoms with van der Waals surface area (Å²) < 4.78 is 7.74. The minimum absolute atomic E-state index is 0.101. The van der Waals surface area contributed by atoms with E-state index in [1.54, 1.807) is 12.0 Å². The van der Waals surface area contributed by atoms with Crippen molar-refractivity contribution in [2.24, 2.45) is 0 Å². The van der Waals surface area contributed by atoms with Crippen LogP contribution in [0.4, 0.5) is 0 Å². The van der Waals surface area contributed by atoms with Gasteiger partial charge in [-0.25, -0.2) is 0 Å². The van der Waals surface area contributed by atoms with Gasteiger partial charge in [0.05, 0.1) is 18.6 Å². The lowest BCUT2D eigenvalue weighted by Crippen LogP contribution is -2.30. The van der Waals surface area contributed by atoms with Crippen molar-refractivity contribution >= 4 is 57.1 Å². The van der Waals surface area contributed by atoms with E-state index in [-0.39, 0.29) is 11.8 Å². The Morgan fingerprint density at radius 1 is 1.12 bits per heavy atom. The summed E-state index contributed by atoms with van der Waals surface area (Å²) in [6, 6.07) is 15.6. The van der Waals surface area contributed by atoms with Gasteiger partial charge in [-0.2, -0.15) is 0 Å². The molecule has 0 aliphatic carbocycles. The number of amides is 2. The molecule has 6 nitrogen and oxygen atoms in total. The first-order valence-electron chi connectivity index (χ1n) is 11.3. The normalized spacial score (nSPS) is 17.4. The number of rotatable bonds is 6. The highest BCUT2D eigenvalue weighted by molar-refractivity contribution is 8.26. The van der Waals surface area contributed by atoms with Crippen molar-refractivity contribution < 1.29 is 14.3 Å². The van der Waals surface area contributed by atoms with Gasteiger partial charge in [0, 0.05) is 35.8 Å². The lowest BCUT2D eigenvalue weighted by atomic mass is 10.1. The van der Waals surface area contributed by atoms with Crippen LogP contribution in [0.15, 0.2) is 59.6 Å². The van der Waals surface area contributed by atoms with Crippen molar-refractivity contribution in [1.29, 1.82) is 0 Å². The number of thioether (sulfide) groups is 1. The van der Waals surface area contributed by atoms with Crippen molar-refractivity contribution in [3.63, 3.8) is 0 Å². The highest BCUT2D eigenvalue weighted by Gasteiger charge is 2.32. The van der Waals surface area contributed by atoms with Crippen molar-refractivity contribution in [3.8, 4) is 5.75 Å². The van der Waals surface area contributed by atoms with Gasteiger partial charge in [-0.15, -0.1) is 0 Å². The van der Waals surface area contributed by atoms with E-state index in [9.17, 15) is 9.59 Å². The summed E-state index contributed by atoms with van der Waals surface area (Å²) in [4.78, 5) is 30.1. The number of carbonyl (C=O) groups is 2. The molecule has 0 N–H and O–H groups in total. The smallest absolute Gasteiger partial charge is 0.266 e. The molecule has 34 heavy (non-hydrogen) atoms. The van der Waals surface area contributed by atoms with E-state index in [2.05, 4.69) is 0 Å². The number of methoxy groups -OCH3 is 1. The molecule has 0 unspecified atom stereocenters. The van der Waals surface area contributed by atoms with Gasteiger partial charge in [0.15, 0.2) is 0 Å². The van der Waals surface area contributed by atoms with Gasteiger partial charge in [0.1, 0.15) is 16.6 Å². The van der Waals surface area contributed by atoms with Gasteiger partial charge in [-0.05, 0) is 42.7 Å². The Hall–Kier alpha value is -3.10. The van der Waals surface area contributed by atoms with Crippen LogP contribution in [0.2, 0.25) is 0 Å². The van der Waals surface area contributed by atoms with Gasteiger partial charge in [0.2, 0.25) is 5.91 Å². The average molecular weight is 492 g/mol. The fourth-order valence-electron chi connectivity index (χ4n) is 4.42. The summed E-state index contributed by atoms with van der Waals surface area (Å²) in [7, 11) is 1.63. The number of nitrogens with zero attached hydrogens (tertiary/aromatic N) is 3. The number of hydrogen-bond acceptors (Lipinski definition) is 5. The number of thiocarbonyl (C=S) groups is 1. The van der Waals surface area contributed by atoms with Crippen LogP contribution < -0.4 is 4.74 Å². The van der Waals surface area contributed by atoms with Crippen LogP contribution in [-0.2, 0) is 22.7 Å². The Morgan fingerprint density at radius 3 is 2.59 bits per heavy atom. The maximum Gasteiger partial charge on any atom is 0.266 e. The molecule has 3 aromatic rings. The van der Waals surface area contributed by atoms with Gasteiger partial charge < -0.3 is 14.2 Å². The molecule has 0 bridgehead atoms. The van der Waals surface area contributed by atoms with Crippen LogP contribution in [-0.4, -0.2) is 50.7 Å². The Balaban J connectivity index is 1.39. The van der Waals surface area contributed by atoms with E-state index < -0.39 is 0 Å². The minimum Gasteiger partial charge on any atom is -0.497 e. The minimum atomic E-state index is -0.101.